The van der Waals surface area contributed by atoms with E-state index in [1.165, 1.54) is 32.9 Å². The van der Waals surface area contributed by atoms with Crippen LogP contribution in [0.25, 0.3) is 71.7 Å². The van der Waals surface area contributed by atoms with E-state index in [1.54, 1.807) is 0 Å². The van der Waals surface area contributed by atoms with Crippen molar-refractivity contribution in [2.24, 2.45) is 0 Å². The van der Waals surface area contributed by atoms with E-state index in [2.05, 4.69) is 103 Å². The zero-order valence-electron chi connectivity index (χ0n) is 23.4. The summed E-state index contributed by atoms with van der Waals surface area (Å²) < 4.78 is 8.77. The van der Waals surface area contributed by atoms with Gasteiger partial charge in [0.25, 0.3) is 0 Å². The number of para-hydroxylation sites is 3. The largest absolute Gasteiger partial charge is 0.456 e. The van der Waals surface area contributed by atoms with Crippen LogP contribution in [-0.4, -0.2) is 4.57 Å². The van der Waals surface area contributed by atoms with Crippen LogP contribution in [0.15, 0.2) is 137 Å². The summed E-state index contributed by atoms with van der Waals surface area (Å²) in [6.45, 7) is 4.37. The van der Waals surface area contributed by atoms with Crippen molar-refractivity contribution in [1.29, 1.82) is 0 Å². The van der Waals surface area contributed by atoms with Gasteiger partial charge in [-0.15, -0.1) is 0 Å². The third-order valence-corrected chi connectivity index (χ3v) is 8.45. The summed E-state index contributed by atoms with van der Waals surface area (Å²) in [4.78, 5) is 13.4. The van der Waals surface area contributed by atoms with Gasteiger partial charge in [0.05, 0.1) is 27.5 Å². The van der Waals surface area contributed by atoms with Gasteiger partial charge >= 0.3 is 0 Å². The first-order chi connectivity index (χ1) is 20.6. The topological polar surface area (TPSA) is 35.1 Å². The predicted octanol–water partition coefficient (Wildman–Crippen LogP) is 9.99. The molecule has 0 bridgehead atoms. The fourth-order valence-electron chi connectivity index (χ4n) is 6.54. The first-order valence-electron chi connectivity index (χ1n) is 14.2. The SMILES string of the molecule is Cc1cccc2c3cccc(C)c3n(-c3cccc(-c4ccccc4)c3-c3ccc4c(=O)c5ccccc5oc4c3)c12. The maximum Gasteiger partial charge on any atom is 0.200 e. The molecular formula is C39H27NO2. The van der Waals surface area contributed by atoms with Gasteiger partial charge in [0.15, 0.2) is 0 Å². The Balaban J connectivity index is 1.53. The molecule has 0 fully saturated rings. The van der Waals surface area contributed by atoms with Gasteiger partial charge < -0.3 is 8.98 Å². The first kappa shape index (κ1) is 24.4. The summed E-state index contributed by atoms with van der Waals surface area (Å²) in [5.41, 5.74) is 11.4. The van der Waals surface area contributed by atoms with E-state index in [1.807, 2.05) is 42.5 Å². The van der Waals surface area contributed by atoms with Gasteiger partial charge in [-0.05, 0) is 72.0 Å². The van der Waals surface area contributed by atoms with Crippen molar-refractivity contribution in [3.8, 4) is 27.9 Å². The monoisotopic (exact) mass is 541 g/mol. The van der Waals surface area contributed by atoms with E-state index in [-0.39, 0.29) is 5.43 Å². The molecule has 8 aromatic rings. The predicted molar refractivity (Wildman–Crippen MR) is 175 cm³/mol. The molecule has 6 aromatic carbocycles. The summed E-state index contributed by atoms with van der Waals surface area (Å²) >= 11 is 0. The molecular weight excluding hydrogens is 514 g/mol. The minimum atomic E-state index is -0.0105. The second-order valence-corrected chi connectivity index (χ2v) is 11.0. The first-order valence-corrected chi connectivity index (χ1v) is 14.2. The summed E-state index contributed by atoms with van der Waals surface area (Å²) in [6.07, 6.45) is 0. The number of fused-ring (bicyclic) bond motifs is 5. The smallest absolute Gasteiger partial charge is 0.200 e. The van der Waals surface area contributed by atoms with Crippen LogP contribution in [0.1, 0.15) is 11.1 Å². The van der Waals surface area contributed by atoms with Crippen molar-refractivity contribution < 1.29 is 4.42 Å². The molecule has 0 aliphatic carbocycles. The third kappa shape index (κ3) is 3.57. The Morgan fingerprint density at radius 1 is 0.524 bits per heavy atom. The maximum absolute atomic E-state index is 13.4. The molecule has 3 heteroatoms. The van der Waals surface area contributed by atoms with Crippen LogP contribution >= 0.6 is 0 Å². The molecule has 0 spiro atoms. The molecule has 0 N–H and O–H groups in total. The van der Waals surface area contributed by atoms with Crippen molar-refractivity contribution in [3.05, 3.63) is 149 Å². The van der Waals surface area contributed by atoms with Gasteiger partial charge in [-0.2, -0.15) is 0 Å². The molecule has 0 atom stereocenters. The number of benzene rings is 6. The van der Waals surface area contributed by atoms with Crippen molar-refractivity contribution in [1.82, 2.24) is 4.57 Å². The number of aromatic nitrogens is 1. The van der Waals surface area contributed by atoms with Gasteiger partial charge in [0.2, 0.25) is 5.43 Å². The van der Waals surface area contributed by atoms with E-state index in [0.717, 1.165) is 27.9 Å². The molecule has 0 radical (unpaired) electrons. The van der Waals surface area contributed by atoms with Gasteiger partial charge in [0.1, 0.15) is 11.2 Å². The lowest BCUT2D eigenvalue weighted by Crippen LogP contribution is -2.03. The Morgan fingerprint density at radius 3 is 1.88 bits per heavy atom. The summed E-state index contributed by atoms with van der Waals surface area (Å²) in [7, 11) is 0. The van der Waals surface area contributed by atoms with Crippen molar-refractivity contribution >= 4 is 43.7 Å². The van der Waals surface area contributed by atoms with Crippen LogP contribution < -0.4 is 5.43 Å². The summed E-state index contributed by atoms with van der Waals surface area (Å²) in [5.74, 6) is 0. The highest BCUT2D eigenvalue weighted by Gasteiger charge is 2.21. The van der Waals surface area contributed by atoms with Crippen LogP contribution in [0.5, 0.6) is 0 Å². The molecule has 0 amide bonds. The summed E-state index contributed by atoms with van der Waals surface area (Å²) in [6, 6.07) is 43.6. The molecule has 42 heavy (non-hydrogen) atoms. The average molecular weight is 542 g/mol. The molecule has 0 saturated carbocycles. The van der Waals surface area contributed by atoms with E-state index < -0.39 is 0 Å². The lowest BCUT2D eigenvalue weighted by molar-refractivity contribution is 0.660. The summed E-state index contributed by atoms with van der Waals surface area (Å²) in [5, 5.41) is 3.65. The normalized spacial score (nSPS) is 11.7. The number of aryl methyl sites for hydroxylation is 2. The second-order valence-electron chi connectivity index (χ2n) is 11.0. The maximum atomic E-state index is 13.4. The van der Waals surface area contributed by atoms with Crippen LogP contribution in [0, 0.1) is 13.8 Å². The minimum absolute atomic E-state index is 0.0105. The highest BCUT2D eigenvalue weighted by atomic mass is 16.3. The fraction of sp³-hybridized carbons (Fsp3) is 0.0513. The molecule has 0 aliphatic heterocycles. The highest BCUT2D eigenvalue weighted by Crippen LogP contribution is 2.43. The van der Waals surface area contributed by atoms with Crippen LogP contribution in [-0.2, 0) is 0 Å². The van der Waals surface area contributed by atoms with Gasteiger partial charge in [-0.1, -0.05) is 97.1 Å². The third-order valence-electron chi connectivity index (χ3n) is 8.45. The van der Waals surface area contributed by atoms with Crippen LogP contribution in [0.2, 0.25) is 0 Å². The molecule has 0 aliphatic rings. The van der Waals surface area contributed by atoms with E-state index >= 15 is 0 Å². The Bertz CT molecular complexity index is 2330. The molecule has 0 saturated heterocycles. The van der Waals surface area contributed by atoms with E-state index in [0.29, 0.717) is 21.9 Å². The Morgan fingerprint density at radius 2 is 1.14 bits per heavy atom. The van der Waals surface area contributed by atoms with E-state index in [4.69, 9.17) is 4.42 Å². The molecule has 200 valence electrons. The lowest BCUT2D eigenvalue weighted by Gasteiger charge is -2.20. The highest BCUT2D eigenvalue weighted by molar-refractivity contribution is 6.12. The van der Waals surface area contributed by atoms with Crippen molar-refractivity contribution in [2.75, 3.05) is 0 Å². The average Bonchev–Trinajstić information content (AvgIpc) is 3.38. The van der Waals surface area contributed by atoms with Gasteiger partial charge in [-0.25, -0.2) is 0 Å². The van der Waals surface area contributed by atoms with E-state index in [9.17, 15) is 4.79 Å². The Labute approximate surface area is 242 Å². The quantitative estimate of drug-likeness (QED) is 0.209. The Hall–Kier alpha value is -5.41. The molecule has 8 rings (SSSR count). The number of hydrogen-bond donors (Lipinski definition) is 0. The minimum Gasteiger partial charge on any atom is -0.456 e. The standard InChI is InChI=1S/C39H27NO2/c1-24-11-8-17-29-30-18-9-12-25(2)38(30)40(37(24)29)33-19-10-16-28(26-13-4-3-5-14-26)36(33)27-21-22-32-35(23-27)42-34-20-7-6-15-31(34)39(32)41/h3-23H,1-2H3. The molecule has 3 nitrogen and oxygen atoms in total. The number of hydrogen-bond acceptors (Lipinski definition) is 2. The molecule has 2 heterocycles. The second kappa shape index (κ2) is 9.32. The molecule has 2 aromatic heterocycles. The zero-order chi connectivity index (χ0) is 28.4. The zero-order valence-corrected chi connectivity index (χ0v) is 23.4. The van der Waals surface area contributed by atoms with Crippen LogP contribution in [0.4, 0.5) is 0 Å². The Kier molecular flexibility index (Phi) is 5.41. The van der Waals surface area contributed by atoms with Crippen molar-refractivity contribution in [3.63, 3.8) is 0 Å². The van der Waals surface area contributed by atoms with Gasteiger partial charge in [0, 0.05) is 16.3 Å². The van der Waals surface area contributed by atoms with Crippen LogP contribution in [0.3, 0.4) is 0 Å². The van der Waals surface area contributed by atoms with Crippen molar-refractivity contribution in [2.45, 2.75) is 13.8 Å². The number of nitrogens with zero attached hydrogens (tertiary/aromatic N) is 1. The molecule has 0 unspecified atom stereocenters. The number of rotatable bonds is 3. The fourth-order valence-corrected chi connectivity index (χ4v) is 6.54. The lowest BCUT2D eigenvalue weighted by atomic mass is 9.92. The van der Waals surface area contributed by atoms with Gasteiger partial charge in [-0.3, -0.25) is 4.79 Å².